The fraction of sp³-hybridized carbons (Fsp3) is 0.652. The molecule has 0 heterocycles. The molecule has 1 amide bonds. The van der Waals surface area contributed by atoms with E-state index in [4.69, 9.17) is 9.47 Å². The zero-order valence-electron chi connectivity index (χ0n) is 18.8. The number of carbonyl (C=O) groups excluding carboxylic acids is 1. The second kappa shape index (κ2) is 13.7. The minimum atomic E-state index is 0.194. The quantitative estimate of drug-likeness (QED) is 0.292. The molecule has 0 unspecified atom stereocenters. The highest BCUT2D eigenvalue weighted by Gasteiger charge is 2.20. The van der Waals surface area contributed by atoms with Crippen LogP contribution in [-0.2, 0) is 11.2 Å². The largest absolute Gasteiger partial charge is 0.490 e. The van der Waals surface area contributed by atoms with E-state index in [0.29, 0.717) is 26.3 Å². The molecule has 1 aromatic rings. The number of ether oxygens (including phenoxy) is 2. The van der Waals surface area contributed by atoms with E-state index < -0.39 is 0 Å². The molecule has 0 aliphatic heterocycles. The number of hydrogen-bond acceptors (Lipinski definition) is 4. The van der Waals surface area contributed by atoms with E-state index in [1.54, 1.807) is 7.05 Å². The van der Waals surface area contributed by atoms with Crippen molar-refractivity contribution in [1.29, 1.82) is 0 Å². The summed E-state index contributed by atoms with van der Waals surface area (Å²) in [5.74, 6) is 2.70. The van der Waals surface area contributed by atoms with Gasteiger partial charge in [0, 0.05) is 32.6 Å². The van der Waals surface area contributed by atoms with Gasteiger partial charge in [-0.1, -0.05) is 25.3 Å². The molecule has 0 saturated heterocycles. The van der Waals surface area contributed by atoms with Gasteiger partial charge in [-0.3, -0.25) is 9.79 Å². The highest BCUT2D eigenvalue weighted by atomic mass is 16.5. The van der Waals surface area contributed by atoms with Crippen LogP contribution in [0.25, 0.3) is 0 Å². The number of aliphatic imine (C=N–C) groups is 1. The number of benzene rings is 1. The predicted molar refractivity (Wildman–Crippen MR) is 121 cm³/mol. The highest BCUT2D eigenvalue weighted by molar-refractivity contribution is 5.80. The first-order chi connectivity index (χ1) is 14.7. The van der Waals surface area contributed by atoms with Crippen molar-refractivity contribution in [2.45, 2.75) is 52.4 Å². The molecule has 1 saturated carbocycles. The summed E-state index contributed by atoms with van der Waals surface area (Å²) in [6.45, 7) is 7.15. The Hall–Kier alpha value is -2.44. The zero-order chi connectivity index (χ0) is 21.6. The van der Waals surface area contributed by atoms with Gasteiger partial charge < -0.3 is 25.4 Å². The molecular weight excluding hydrogens is 380 g/mol. The van der Waals surface area contributed by atoms with Crippen LogP contribution < -0.4 is 25.4 Å². The third-order valence-corrected chi connectivity index (χ3v) is 5.23. The Balaban J connectivity index is 1.68. The van der Waals surface area contributed by atoms with E-state index in [0.717, 1.165) is 43.3 Å². The molecule has 7 nitrogen and oxygen atoms in total. The lowest BCUT2D eigenvalue weighted by Gasteiger charge is -2.21. The monoisotopic (exact) mass is 418 g/mol. The van der Waals surface area contributed by atoms with E-state index >= 15 is 0 Å². The molecule has 2 rings (SSSR count). The van der Waals surface area contributed by atoms with Crippen LogP contribution in [0, 0.1) is 5.92 Å². The maximum absolute atomic E-state index is 12.2. The van der Waals surface area contributed by atoms with Gasteiger partial charge in [0.25, 0.3) is 0 Å². The van der Waals surface area contributed by atoms with Gasteiger partial charge in [0.05, 0.1) is 13.2 Å². The van der Waals surface area contributed by atoms with E-state index in [1.807, 2.05) is 26.0 Å². The van der Waals surface area contributed by atoms with E-state index in [-0.39, 0.29) is 11.8 Å². The molecule has 168 valence electrons. The summed E-state index contributed by atoms with van der Waals surface area (Å²) in [6.07, 6.45) is 6.50. The van der Waals surface area contributed by atoms with Crippen LogP contribution in [0.2, 0.25) is 0 Å². The summed E-state index contributed by atoms with van der Waals surface area (Å²) in [5, 5.41) is 9.60. The van der Waals surface area contributed by atoms with Crippen molar-refractivity contribution in [2.24, 2.45) is 10.9 Å². The highest BCUT2D eigenvalue weighted by Crippen LogP contribution is 2.28. The van der Waals surface area contributed by atoms with Gasteiger partial charge in [-0.05, 0) is 50.8 Å². The van der Waals surface area contributed by atoms with Crippen LogP contribution in [0.5, 0.6) is 11.5 Å². The van der Waals surface area contributed by atoms with Crippen LogP contribution in [0.4, 0.5) is 0 Å². The lowest BCUT2D eigenvalue weighted by atomic mass is 9.89. The molecule has 0 radical (unpaired) electrons. The summed E-state index contributed by atoms with van der Waals surface area (Å²) >= 11 is 0. The first-order valence-electron chi connectivity index (χ1n) is 11.3. The molecule has 0 bridgehead atoms. The van der Waals surface area contributed by atoms with Gasteiger partial charge in [0.2, 0.25) is 5.91 Å². The van der Waals surface area contributed by atoms with Crippen LogP contribution in [-0.4, -0.2) is 51.8 Å². The molecule has 1 fully saturated rings. The molecule has 1 aromatic carbocycles. The molecule has 3 N–H and O–H groups in total. The number of hydrogen-bond donors (Lipinski definition) is 3. The van der Waals surface area contributed by atoms with Gasteiger partial charge in [-0.2, -0.15) is 0 Å². The van der Waals surface area contributed by atoms with Crippen molar-refractivity contribution in [1.82, 2.24) is 16.0 Å². The standard InChI is InChI=1S/C23H38N4O3/c1-4-29-20-12-11-18(17-21(20)30-5-2)13-14-26-23(24-3)27-16-15-25-22(28)19-9-7-6-8-10-19/h11-12,17,19H,4-10,13-16H2,1-3H3,(H,25,28)(H2,24,26,27). The maximum atomic E-state index is 12.2. The summed E-state index contributed by atoms with van der Waals surface area (Å²) in [5.41, 5.74) is 1.17. The van der Waals surface area contributed by atoms with Crippen LogP contribution in [0.15, 0.2) is 23.2 Å². The molecule has 7 heteroatoms. The smallest absolute Gasteiger partial charge is 0.223 e. The molecule has 1 aliphatic carbocycles. The molecular formula is C23H38N4O3. The number of nitrogens with one attached hydrogen (secondary N) is 3. The van der Waals surface area contributed by atoms with Crippen molar-refractivity contribution < 1.29 is 14.3 Å². The lowest BCUT2D eigenvalue weighted by molar-refractivity contribution is -0.125. The maximum Gasteiger partial charge on any atom is 0.223 e. The summed E-state index contributed by atoms with van der Waals surface area (Å²) in [4.78, 5) is 16.4. The van der Waals surface area contributed by atoms with E-state index in [2.05, 4.69) is 27.0 Å². The van der Waals surface area contributed by atoms with E-state index in [9.17, 15) is 4.79 Å². The minimum Gasteiger partial charge on any atom is -0.490 e. The Morgan fingerprint density at radius 1 is 0.967 bits per heavy atom. The average molecular weight is 419 g/mol. The van der Waals surface area contributed by atoms with Gasteiger partial charge in [0.1, 0.15) is 0 Å². The predicted octanol–water partition coefficient (Wildman–Crippen LogP) is 2.89. The van der Waals surface area contributed by atoms with Gasteiger partial charge in [-0.25, -0.2) is 0 Å². The van der Waals surface area contributed by atoms with Crippen molar-refractivity contribution >= 4 is 11.9 Å². The second-order valence-electron chi connectivity index (χ2n) is 7.45. The zero-order valence-corrected chi connectivity index (χ0v) is 18.8. The third kappa shape index (κ3) is 8.13. The minimum absolute atomic E-state index is 0.194. The lowest BCUT2D eigenvalue weighted by Crippen LogP contribution is -2.43. The van der Waals surface area contributed by atoms with Crippen molar-refractivity contribution in [2.75, 3.05) is 39.9 Å². The first kappa shape index (κ1) is 23.8. The second-order valence-corrected chi connectivity index (χ2v) is 7.45. The number of carbonyl (C=O) groups is 1. The normalized spacial score (nSPS) is 14.8. The van der Waals surface area contributed by atoms with Crippen molar-refractivity contribution in [3.05, 3.63) is 23.8 Å². The fourth-order valence-corrected chi connectivity index (χ4v) is 3.67. The Labute approximate surface area is 181 Å². The Morgan fingerprint density at radius 2 is 1.63 bits per heavy atom. The molecule has 0 aromatic heterocycles. The Bertz CT molecular complexity index is 672. The van der Waals surface area contributed by atoms with Crippen LogP contribution >= 0.6 is 0 Å². The Kier molecular flexibility index (Phi) is 10.9. The molecule has 1 aliphatic rings. The SMILES string of the molecule is CCOc1ccc(CCNC(=NC)NCCNC(=O)C2CCCCC2)cc1OCC. The molecule has 0 atom stereocenters. The van der Waals surface area contributed by atoms with Crippen molar-refractivity contribution in [3.63, 3.8) is 0 Å². The van der Waals surface area contributed by atoms with E-state index in [1.165, 1.54) is 24.8 Å². The topological polar surface area (TPSA) is 84.0 Å². The number of nitrogens with zero attached hydrogens (tertiary/aromatic N) is 1. The Morgan fingerprint density at radius 3 is 2.33 bits per heavy atom. The van der Waals surface area contributed by atoms with Crippen molar-refractivity contribution in [3.8, 4) is 11.5 Å². The molecule has 0 spiro atoms. The van der Waals surface area contributed by atoms with Crippen LogP contribution in [0.3, 0.4) is 0 Å². The van der Waals surface area contributed by atoms with Gasteiger partial charge in [-0.15, -0.1) is 0 Å². The average Bonchev–Trinajstić information content (AvgIpc) is 2.77. The summed E-state index contributed by atoms with van der Waals surface area (Å²) < 4.78 is 11.3. The molecule has 30 heavy (non-hydrogen) atoms. The number of amides is 1. The number of rotatable bonds is 11. The number of guanidine groups is 1. The van der Waals surface area contributed by atoms with Gasteiger partial charge >= 0.3 is 0 Å². The summed E-state index contributed by atoms with van der Waals surface area (Å²) in [7, 11) is 1.75. The summed E-state index contributed by atoms with van der Waals surface area (Å²) in [6, 6.07) is 6.06. The first-order valence-corrected chi connectivity index (χ1v) is 11.3. The third-order valence-electron chi connectivity index (χ3n) is 5.23. The fourth-order valence-electron chi connectivity index (χ4n) is 3.67. The van der Waals surface area contributed by atoms with Gasteiger partial charge in [0.15, 0.2) is 17.5 Å². The van der Waals surface area contributed by atoms with Crippen LogP contribution in [0.1, 0.15) is 51.5 Å².